The number of aromatic nitrogens is 3. The van der Waals surface area contributed by atoms with Crippen LogP contribution in [0, 0.1) is 5.92 Å². The van der Waals surface area contributed by atoms with E-state index in [2.05, 4.69) is 10.3 Å². The number of anilines is 2. The second kappa shape index (κ2) is 11.7. The first-order chi connectivity index (χ1) is 19.0. The van der Waals surface area contributed by atoms with Crippen LogP contribution in [0.4, 0.5) is 11.4 Å². The van der Waals surface area contributed by atoms with Crippen LogP contribution >= 0.6 is 0 Å². The SMILES string of the molecule is CCOC(=O)Cn1cc(CC2C(=O)N(Cc3ccccc3)c3ccccc3N(Cc3ccccc3)C2=O)nn1. The number of nitrogens with zero attached hydrogens (tertiary/aromatic N) is 5. The van der Waals surface area contributed by atoms with Crippen molar-refractivity contribution in [1.82, 2.24) is 15.0 Å². The summed E-state index contributed by atoms with van der Waals surface area (Å²) in [4.78, 5) is 43.5. The molecule has 0 bridgehead atoms. The van der Waals surface area contributed by atoms with Gasteiger partial charge in [-0.1, -0.05) is 78.0 Å². The zero-order valence-electron chi connectivity index (χ0n) is 21.6. The number of carbonyl (C=O) groups excluding carboxylic acids is 3. The van der Waals surface area contributed by atoms with Gasteiger partial charge < -0.3 is 14.5 Å². The molecule has 9 heteroatoms. The highest BCUT2D eigenvalue weighted by atomic mass is 16.5. The maximum absolute atomic E-state index is 14.1. The van der Waals surface area contributed by atoms with Gasteiger partial charge in [0.25, 0.3) is 0 Å². The summed E-state index contributed by atoms with van der Waals surface area (Å²) in [5.74, 6) is -2.09. The predicted molar refractivity (Wildman–Crippen MR) is 146 cm³/mol. The van der Waals surface area contributed by atoms with Crippen molar-refractivity contribution in [2.45, 2.75) is 33.0 Å². The zero-order valence-corrected chi connectivity index (χ0v) is 21.6. The lowest BCUT2D eigenvalue weighted by atomic mass is 9.99. The predicted octanol–water partition coefficient (Wildman–Crippen LogP) is 3.78. The number of benzene rings is 3. The van der Waals surface area contributed by atoms with Gasteiger partial charge in [-0.2, -0.15) is 0 Å². The Morgan fingerprint density at radius 3 is 1.82 bits per heavy atom. The Morgan fingerprint density at radius 1 is 0.795 bits per heavy atom. The largest absolute Gasteiger partial charge is 0.465 e. The molecule has 0 fully saturated rings. The summed E-state index contributed by atoms with van der Waals surface area (Å²) < 4.78 is 6.34. The fraction of sp³-hybridized carbons (Fsp3) is 0.233. The molecule has 0 N–H and O–H groups in total. The molecule has 3 aromatic carbocycles. The monoisotopic (exact) mass is 523 g/mol. The fourth-order valence-electron chi connectivity index (χ4n) is 4.73. The van der Waals surface area contributed by atoms with Gasteiger partial charge in [-0.05, 0) is 30.2 Å². The first kappa shape index (κ1) is 25.8. The van der Waals surface area contributed by atoms with Gasteiger partial charge in [0.2, 0.25) is 11.8 Å². The van der Waals surface area contributed by atoms with Gasteiger partial charge in [-0.3, -0.25) is 14.4 Å². The topological polar surface area (TPSA) is 97.6 Å². The summed E-state index contributed by atoms with van der Waals surface area (Å²) in [5.41, 5.74) is 3.68. The van der Waals surface area contributed by atoms with Crippen LogP contribution in [-0.4, -0.2) is 39.4 Å². The average molecular weight is 524 g/mol. The van der Waals surface area contributed by atoms with E-state index in [0.717, 1.165) is 11.1 Å². The Balaban J connectivity index is 1.52. The van der Waals surface area contributed by atoms with Crippen molar-refractivity contribution in [3.05, 3.63) is 108 Å². The molecule has 0 unspecified atom stereocenters. The first-order valence-electron chi connectivity index (χ1n) is 12.9. The molecule has 0 saturated heterocycles. The first-order valence-corrected chi connectivity index (χ1v) is 12.9. The van der Waals surface area contributed by atoms with E-state index in [-0.39, 0.29) is 31.4 Å². The highest BCUT2D eigenvalue weighted by Gasteiger charge is 2.40. The van der Waals surface area contributed by atoms with E-state index in [4.69, 9.17) is 4.74 Å². The van der Waals surface area contributed by atoms with Gasteiger partial charge >= 0.3 is 5.97 Å². The molecular weight excluding hydrogens is 494 g/mol. The molecule has 4 aromatic rings. The zero-order chi connectivity index (χ0) is 27.2. The van der Waals surface area contributed by atoms with Gasteiger partial charge in [0.15, 0.2) is 0 Å². The number of esters is 1. The second-order valence-electron chi connectivity index (χ2n) is 9.28. The third-order valence-corrected chi connectivity index (χ3v) is 6.55. The maximum atomic E-state index is 14.1. The van der Waals surface area contributed by atoms with Crippen LogP contribution in [0.15, 0.2) is 91.1 Å². The van der Waals surface area contributed by atoms with Crippen molar-refractivity contribution in [2.24, 2.45) is 5.92 Å². The number of rotatable bonds is 9. The van der Waals surface area contributed by atoms with Gasteiger partial charge in [-0.25, -0.2) is 4.68 Å². The Kier molecular flexibility index (Phi) is 7.77. The summed E-state index contributed by atoms with van der Waals surface area (Å²) in [6.45, 7) is 2.53. The molecule has 1 aromatic heterocycles. The van der Waals surface area contributed by atoms with Crippen LogP contribution in [0.5, 0.6) is 0 Å². The lowest BCUT2D eigenvalue weighted by Gasteiger charge is -2.25. The molecule has 0 atom stereocenters. The molecule has 9 nitrogen and oxygen atoms in total. The van der Waals surface area contributed by atoms with E-state index >= 15 is 0 Å². The standard InChI is InChI=1S/C30H29N5O4/c1-2-39-28(36)21-33-20-24(31-32-33)17-25-29(37)34(18-22-11-5-3-6-12-22)26-15-9-10-16-27(26)35(30(25)38)19-23-13-7-4-8-14-23/h3-16,20,25H,2,17-19,21H2,1H3. The molecular formula is C30H29N5O4. The van der Waals surface area contributed by atoms with Crippen molar-refractivity contribution in [2.75, 3.05) is 16.4 Å². The third kappa shape index (κ3) is 5.87. The Bertz CT molecular complexity index is 1370. The molecule has 5 rings (SSSR count). The van der Waals surface area contributed by atoms with Gasteiger partial charge in [0.1, 0.15) is 12.5 Å². The van der Waals surface area contributed by atoms with E-state index in [9.17, 15) is 14.4 Å². The van der Waals surface area contributed by atoms with Gasteiger partial charge in [0, 0.05) is 12.6 Å². The Morgan fingerprint density at radius 2 is 1.31 bits per heavy atom. The van der Waals surface area contributed by atoms with Crippen LogP contribution in [0.3, 0.4) is 0 Å². The lowest BCUT2D eigenvalue weighted by molar-refractivity contribution is -0.144. The second-order valence-corrected chi connectivity index (χ2v) is 9.28. The molecule has 39 heavy (non-hydrogen) atoms. The minimum absolute atomic E-state index is 0.0467. The van der Waals surface area contributed by atoms with E-state index in [1.54, 1.807) is 22.9 Å². The molecule has 1 aliphatic rings. The Hall–Kier alpha value is -4.79. The van der Waals surface area contributed by atoms with Crippen LogP contribution in [0.25, 0.3) is 0 Å². The quantitative estimate of drug-likeness (QED) is 0.245. The van der Waals surface area contributed by atoms with E-state index in [1.165, 1.54) is 4.68 Å². The van der Waals surface area contributed by atoms with Crippen LogP contribution in [0.2, 0.25) is 0 Å². The highest BCUT2D eigenvalue weighted by Crippen LogP contribution is 2.37. The van der Waals surface area contributed by atoms with Crippen LogP contribution in [-0.2, 0) is 45.2 Å². The molecule has 198 valence electrons. The third-order valence-electron chi connectivity index (χ3n) is 6.55. The lowest BCUT2D eigenvalue weighted by Crippen LogP contribution is -2.42. The van der Waals surface area contributed by atoms with Crippen LogP contribution in [0.1, 0.15) is 23.7 Å². The Labute approximate surface area is 226 Å². The maximum Gasteiger partial charge on any atom is 0.327 e. The number of para-hydroxylation sites is 2. The number of carbonyl (C=O) groups is 3. The smallest absolute Gasteiger partial charge is 0.327 e. The number of hydrogen-bond donors (Lipinski definition) is 0. The average Bonchev–Trinajstić information content (AvgIpc) is 3.38. The van der Waals surface area contributed by atoms with Crippen molar-refractivity contribution in [1.29, 1.82) is 0 Å². The normalized spacial score (nSPS) is 13.8. The highest BCUT2D eigenvalue weighted by molar-refractivity contribution is 6.17. The minimum atomic E-state index is -1.03. The molecule has 0 saturated carbocycles. The van der Waals surface area contributed by atoms with Crippen molar-refractivity contribution in [3.8, 4) is 0 Å². The summed E-state index contributed by atoms with van der Waals surface area (Å²) in [6, 6.07) is 26.9. The summed E-state index contributed by atoms with van der Waals surface area (Å²) in [6.07, 6.45) is 1.63. The fourth-order valence-corrected chi connectivity index (χ4v) is 4.73. The van der Waals surface area contributed by atoms with Crippen LogP contribution < -0.4 is 9.80 Å². The van der Waals surface area contributed by atoms with Gasteiger partial charge in [0.05, 0.1) is 36.8 Å². The molecule has 2 amide bonds. The number of amides is 2. The van der Waals surface area contributed by atoms with E-state index < -0.39 is 11.9 Å². The summed E-state index contributed by atoms with van der Waals surface area (Å²) in [7, 11) is 0. The summed E-state index contributed by atoms with van der Waals surface area (Å²) >= 11 is 0. The van der Waals surface area contributed by atoms with E-state index in [1.807, 2.05) is 84.9 Å². The number of hydrogen-bond acceptors (Lipinski definition) is 6. The number of fused-ring (bicyclic) bond motifs is 1. The number of ether oxygens (including phenoxy) is 1. The molecule has 2 heterocycles. The van der Waals surface area contributed by atoms with E-state index in [0.29, 0.717) is 30.2 Å². The molecule has 0 aliphatic carbocycles. The van der Waals surface area contributed by atoms with Crippen molar-refractivity contribution >= 4 is 29.2 Å². The summed E-state index contributed by atoms with van der Waals surface area (Å²) in [5, 5.41) is 8.16. The molecule has 0 spiro atoms. The van der Waals surface area contributed by atoms with Crippen molar-refractivity contribution < 1.29 is 19.1 Å². The van der Waals surface area contributed by atoms with Gasteiger partial charge in [-0.15, -0.1) is 5.10 Å². The minimum Gasteiger partial charge on any atom is -0.465 e. The molecule has 1 aliphatic heterocycles. The molecule has 0 radical (unpaired) electrons. The van der Waals surface area contributed by atoms with Crippen molar-refractivity contribution in [3.63, 3.8) is 0 Å².